The van der Waals surface area contributed by atoms with E-state index in [1.807, 2.05) is 4.90 Å². The Hall–Kier alpha value is -2.49. The minimum atomic E-state index is -4.37. The van der Waals surface area contributed by atoms with E-state index in [0.717, 1.165) is 31.6 Å². The fourth-order valence-corrected chi connectivity index (χ4v) is 3.57. The molecule has 0 aliphatic carbocycles. The number of carbonyl (C=O) groups excluding carboxylic acids is 1. The molecule has 2 aliphatic rings. The highest BCUT2D eigenvalue weighted by Gasteiger charge is 2.36. The summed E-state index contributed by atoms with van der Waals surface area (Å²) in [7, 11) is 0. The molecule has 7 nitrogen and oxygen atoms in total. The Kier molecular flexibility index (Phi) is 4.14. The Balaban J connectivity index is 1.48. The summed E-state index contributed by atoms with van der Waals surface area (Å²) >= 11 is 0. The van der Waals surface area contributed by atoms with Crippen LogP contribution < -0.4 is 0 Å². The van der Waals surface area contributed by atoms with Crippen LogP contribution in [0.15, 0.2) is 24.3 Å². The molecule has 2 aromatic rings. The minimum absolute atomic E-state index is 0.212. The highest BCUT2D eigenvalue weighted by molar-refractivity contribution is 5.78. The van der Waals surface area contributed by atoms with Crippen molar-refractivity contribution >= 4 is 5.91 Å². The molecule has 1 atom stereocenters. The molecule has 138 valence electrons. The SMILES string of the molecule is O=C1CCC2CN(Cc3nnnn3-c3ccc(C(F)(F)F)cc3)CCN12. The van der Waals surface area contributed by atoms with Crippen molar-refractivity contribution in [1.82, 2.24) is 30.0 Å². The Bertz CT molecular complexity index is 803. The first kappa shape index (κ1) is 17.0. The van der Waals surface area contributed by atoms with Gasteiger partial charge in [0.15, 0.2) is 5.82 Å². The van der Waals surface area contributed by atoms with Crippen molar-refractivity contribution in [3.05, 3.63) is 35.7 Å². The lowest BCUT2D eigenvalue weighted by molar-refractivity contribution is -0.137. The van der Waals surface area contributed by atoms with Crippen LogP contribution in [0.1, 0.15) is 24.2 Å². The van der Waals surface area contributed by atoms with Crippen LogP contribution in [0.2, 0.25) is 0 Å². The van der Waals surface area contributed by atoms with E-state index in [4.69, 9.17) is 0 Å². The first-order valence-electron chi connectivity index (χ1n) is 8.38. The maximum Gasteiger partial charge on any atom is 0.416 e. The van der Waals surface area contributed by atoms with Crippen molar-refractivity contribution in [2.45, 2.75) is 31.6 Å². The fourth-order valence-electron chi connectivity index (χ4n) is 3.57. The second kappa shape index (κ2) is 6.35. The molecule has 0 spiro atoms. The highest BCUT2D eigenvalue weighted by Crippen LogP contribution is 2.29. The van der Waals surface area contributed by atoms with Gasteiger partial charge in [-0.25, -0.2) is 0 Å². The number of aromatic nitrogens is 4. The average Bonchev–Trinajstić information content (AvgIpc) is 3.21. The number of piperazine rings is 1. The number of nitrogens with zero attached hydrogens (tertiary/aromatic N) is 6. The summed E-state index contributed by atoms with van der Waals surface area (Å²) in [4.78, 5) is 15.9. The van der Waals surface area contributed by atoms with Crippen LogP contribution in [-0.2, 0) is 17.5 Å². The highest BCUT2D eigenvalue weighted by atomic mass is 19.4. The van der Waals surface area contributed by atoms with Gasteiger partial charge in [0.25, 0.3) is 0 Å². The van der Waals surface area contributed by atoms with Crippen molar-refractivity contribution in [3.8, 4) is 5.69 Å². The molecule has 1 aromatic heterocycles. The van der Waals surface area contributed by atoms with Crippen LogP contribution in [0.4, 0.5) is 13.2 Å². The Morgan fingerprint density at radius 1 is 1.15 bits per heavy atom. The van der Waals surface area contributed by atoms with E-state index >= 15 is 0 Å². The number of amides is 1. The van der Waals surface area contributed by atoms with Gasteiger partial charge in [0.2, 0.25) is 5.91 Å². The molecule has 10 heteroatoms. The molecule has 0 radical (unpaired) electrons. The number of rotatable bonds is 3. The maximum absolute atomic E-state index is 12.7. The molecular formula is C16H17F3N6O. The summed E-state index contributed by atoms with van der Waals surface area (Å²) in [6, 6.07) is 4.98. The summed E-state index contributed by atoms with van der Waals surface area (Å²) < 4.78 is 39.6. The van der Waals surface area contributed by atoms with Gasteiger partial charge < -0.3 is 4.90 Å². The van der Waals surface area contributed by atoms with Crippen molar-refractivity contribution in [1.29, 1.82) is 0 Å². The molecule has 26 heavy (non-hydrogen) atoms. The van der Waals surface area contributed by atoms with Crippen LogP contribution in [0.25, 0.3) is 5.69 Å². The lowest BCUT2D eigenvalue weighted by Crippen LogP contribution is -2.51. The summed E-state index contributed by atoms with van der Waals surface area (Å²) in [5.74, 6) is 0.770. The van der Waals surface area contributed by atoms with Crippen LogP contribution >= 0.6 is 0 Å². The summed E-state index contributed by atoms with van der Waals surface area (Å²) in [6.45, 7) is 2.64. The van der Waals surface area contributed by atoms with Gasteiger partial charge in [-0.2, -0.15) is 17.9 Å². The quantitative estimate of drug-likeness (QED) is 0.823. The summed E-state index contributed by atoms with van der Waals surface area (Å²) in [5.41, 5.74) is -0.231. The van der Waals surface area contributed by atoms with Gasteiger partial charge in [0.1, 0.15) is 0 Å². The zero-order chi connectivity index (χ0) is 18.3. The number of tetrazole rings is 1. The van der Waals surface area contributed by atoms with Crippen LogP contribution in [0.5, 0.6) is 0 Å². The molecule has 0 bridgehead atoms. The Morgan fingerprint density at radius 3 is 2.65 bits per heavy atom. The van der Waals surface area contributed by atoms with E-state index in [1.54, 1.807) is 0 Å². The molecule has 2 fully saturated rings. The van der Waals surface area contributed by atoms with Gasteiger partial charge in [0.05, 0.1) is 17.8 Å². The largest absolute Gasteiger partial charge is 0.416 e. The monoisotopic (exact) mass is 366 g/mol. The van der Waals surface area contributed by atoms with E-state index in [2.05, 4.69) is 20.4 Å². The summed E-state index contributed by atoms with van der Waals surface area (Å²) in [6.07, 6.45) is -2.92. The van der Waals surface area contributed by atoms with Gasteiger partial charge in [-0.3, -0.25) is 9.69 Å². The van der Waals surface area contributed by atoms with Gasteiger partial charge >= 0.3 is 6.18 Å². The van der Waals surface area contributed by atoms with Gasteiger partial charge in [-0.1, -0.05) is 0 Å². The van der Waals surface area contributed by atoms with Crippen molar-refractivity contribution in [3.63, 3.8) is 0 Å². The van der Waals surface area contributed by atoms with Crippen molar-refractivity contribution in [2.75, 3.05) is 19.6 Å². The molecular weight excluding hydrogens is 349 g/mol. The number of carbonyl (C=O) groups is 1. The van der Waals surface area contributed by atoms with Gasteiger partial charge in [-0.05, 0) is 41.1 Å². The predicted octanol–water partition coefficient (Wildman–Crippen LogP) is 1.49. The smallest absolute Gasteiger partial charge is 0.337 e. The molecule has 1 unspecified atom stereocenters. The number of halogens is 3. The van der Waals surface area contributed by atoms with Gasteiger partial charge in [-0.15, -0.1) is 5.10 Å². The molecule has 0 saturated carbocycles. The number of hydrogen-bond donors (Lipinski definition) is 0. The third kappa shape index (κ3) is 3.16. The number of fused-ring (bicyclic) bond motifs is 1. The third-order valence-corrected chi connectivity index (χ3v) is 4.92. The Morgan fingerprint density at radius 2 is 1.92 bits per heavy atom. The molecule has 1 aromatic carbocycles. The van der Waals surface area contributed by atoms with E-state index in [1.165, 1.54) is 16.8 Å². The maximum atomic E-state index is 12.7. The third-order valence-electron chi connectivity index (χ3n) is 4.92. The first-order chi connectivity index (χ1) is 12.4. The summed E-state index contributed by atoms with van der Waals surface area (Å²) in [5, 5.41) is 11.6. The number of benzene rings is 1. The van der Waals surface area contributed by atoms with Crippen LogP contribution in [0.3, 0.4) is 0 Å². The van der Waals surface area contributed by atoms with Crippen molar-refractivity contribution < 1.29 is 18.0 Å². The minimum Gasteiger partial charge on any atom is -0.337 e. The van der Waals surface area contributed by atoms with Crippen LogP contribution in [-0.4, -0.2) is 61.6 Å². The second-order valence-electron chi connectivity index (χ2n) is 6.57. The zero-order valence-corrected chi connectivity index (χ0v) is 13.9. The van der Waals surface area contributed by atoms with E-state index in [9.17, 15) is 18.0 Å². The number of alkyl halides is 3. The fraction of sp³-hybridized carbons (Fsp3) is 0.500. The van der Waals surface area contributed by atoms with Gasteiger partial charge in [0, 0.05) is 32.1 Å². The molecule has 3 heterocycles. The second-order valence-corrected chi connectivity index (χ2v) is 6.57. The average molecular weight is 366 g/mol. The number of hydrogen-bond acceptors (Lipinski definition) is 5. The normalized spacial score (nSPS) is 21.3. The first-order valence-corrected chi connectivity index (χ1v) is 8.38. The molecule has 4 rings (SSSR count). The lowest BCUT2D eigenvalue weighted by Gasteiger charge is -2.37. The van der Waals surface area contributed by atoms with E-state index in [0.29, 0.717) is 31.0 Å². The molecule has 1 amide bonds. The predicted molar refractivity (Wildman–Crippen MR) is 84.2 cm³/mol. The van der Waals surface area contributed by atoms with Crippen molar-refractivity contribution in [2.24, 2.45) is 0 Å². The van der Waals surface area contributed by atoms with E-state index in [-0.39, 0.29) is 11.9 Å². The zero-order valence-electron chi connectivity index (χ0n) is 13.9. The molecule has 0 N–H and O–H groups in total. The molecule has 2 saturated heterocycles. The Labute approximate surface area is 147 Å². The molecule has 2 aliphatic heterocycles. The van der Waals surface area contributed by atoms with E-state index < -0.39 is 11.7 Å². The topological polar surface area (TPSA) is 67.2 Å². The lowest BCUT2D eigenvalue weighted by atomic mass is 10.1. The van der Waals surface area contributed by atoms with Crippen LogP contribution in [0, 0.1) is 0 Å². The standard InChI is InChI=1S/C16H17F3N6O/c17-16(18,19)11-1-3-12(4-2-11)25-14(20-21-22-25)10-23-7-8-24-13(9-23)5-6-15(24)26/h1-4,13H,5-10H2.